The number of esters is 1. The third-order valence-corrected chi connectivity index (χ3v) is 6.68. The molecule has 0 spiro atoms. The summed E-state index contributed by atoms with van der Waals surface area (Å²) in [5.74, 6) is -0.774. The van der Waals surface area contributed by atoms with Gasteiger partial charge in [-0.05, 0) is 70.8 Å². The molecule has 0 radical (unpaired) electrons. The van der Waals surface area contributed by atoms with E-state index in [1.165, 1.54) is 28.4 Å². The van der Waals surface area contributed by atoms with Gasteiger partial charge in [0.2, 0.25) is 5.16 Å². The molecule has 0 amide bonds. The van der Waals surface area contributed by atoms with E-state index < -0.39 is 16.5 Å². The van der Waals surface area contributed by atoms with Gasteiger partial charge in [0.25, 0.3) is 5.69 Å². The molecule has 0 aliphatic heterocycles. The number of aryl methyl sites for hydroxylation is 3. The van der Waals surface area contributed by atoms with Crippen molar-refractivity contribution in [1.82, 2.24) is 20.2 Å². The largest absolute Gasteiger partial charge is 0.457 e. The maximum atomic E-state index is 13.0. The minimum absolute atomic E-state index is 0.00429. The molecular weight excluding hydrogens is 462 g/mol. The zero-order valence-electron chi connectivity index (χ0n) is 17.9. The molecule has 2 heterocycles. The molecule has 0 atom stereocenters. The SMILES string of the molecule is Cn1nnnc1Sc1ccc([N+](=O)[O-])cc1C(=O)OCc1cc(=O)oc2cc3c(cc12)CCC3. The molecule has 0 unspecified atom stereocenters. The molecule has 2 aromatic heterocycles. The van der Waals surface area contributed by atoms with E-state index in [0.717, 1.165) is 42.7 Å². The van der Waals surface area contributed by atoms with Crippen molar-refractivity contribution in [2.45, 2.75) is 35.9 Å². The van der Waals surface area contributed by atoms with Crippen molar-refractivity contribution in [2.75, 3.05) is 0 Å². The number of nitro groups is 1. The van der Waals surface area contributed by atoms with Crippen LogP contribution < -0.4 is 5.63 Å². The number of aromatic nitrogens is 4. The second-order valence-electron chi connectivity index (χ2n) is 7.76. The fourth-order valence-electron chi connectivity index (χ4n) is 3.92. The molecule has 0 fully saturated rings. The van der Waals surface area contributed by atoms with Crippen LogP contribution in [0.1, 0.15) is 33.5 Å². The van der Waals surface area contributed by atoms with E-state index >= 15 is 0 Å². The molecule has 11 nitrogen and oxygen atoms in total. The molecule has 1 aliphatic rings. The Morgan fingerprint density at radius 3 is 2.76 bits per heavy atom. The van der Waals surface area contributed by atoms with Crippen LogP contribution in [0.4, 0.5) is 5.69 Å². The van der Waals surface area contributed by atoms with Gasteiger partial charge in [-0.1, -0.05) is 0 Å². The predicted octanol–water partition coefficient (Wildman–Crippen LogP) is 3.22. The number of hydrogen-bond acceptors (Lipinski definition) is 10. The Bertz CT molecular complexity index is 1510. The van der Waals surface area contributed by atoms with E-state index in [2.05, 4.69) is 15.5 Å². The lowest BCUT2D eigenvalue weighted by Crippen LogP contribution is -2.10. The molecule has 34 heavy (non-hydrogen) atoms. The van der Waals surface area contributed by atoms with Gasteiger partial charge >= 0.3 is 11.6 Å². The predicted molar refractivity (Wildman–Crippen MR) is 120 cm³/mol. The minimum Gasteiger partial charge on any atom is -0.457 e. The van der Waals surface area contributed by atoms with Crippen LogP contribution in [0.15, 0.2) is 55.7 Å². The first-order valence-electron chi connectivity index (χ1n) is 10.3. The van der Waals surface area contributed by atoms with Gasteiger partial charge in [0, 0.05) is 41.1 Å². The zero-order valence-corrected chi connectivity index (χ0v) is 18.7. The molecule has 2 aromatic carbocycles. The van der Waals surface area contributed by atoms with Crippen molar-refractivity contribution < 1.29 is 18.9 Å². The number of carbonyl (C=O) groups excluding carboxylic acids is 1. The monoisotopic (exact) mass is 479 g/mol. The van der Waals surface area contributed by atoms with Gasteiger partial charge in [-0.2, -0.15) is 0 Å². The normalized spacial score (nSPS) is 12.6. The standard InChI is InChI=1S/C22H17N5O6S/c1-26-22(23-24-25-26)34-19-6-5-15(27(30)31)10-17(19)21(29)32-11-14-9-20(28)33-18-8-13-4-2-3-12(13)7-16(14)18/h5-10H,2-4,11H2,1H3. The van der Waals surface area contributed by atoms with Crippen LogP contribution in [0.5, 0.6) is 0 Å². The minimum atomic E-state index is -0.774. The first-order chi connectivity index (χ1) is 16.4. The third-order valence-electron chi connectivity index (χ3n) is 5.58. The Morgan fingerprint density at radius 1 is 1.24 bits per heavy atom. The molecule has 4 aromatic rings. The molecule has 172 valence electrons. The number of fused-ring (bicyclic) bond motifs is 2. The van der Waals surface area contributed by atoms with E-state index in [1.54, 1.807) is 7.05 Å². The lowest BCUT2D eigenvalue weighted by Gasteiger charge is -2.11. The average Bonchev–Trinajstić information content (AvgIpc) is 3.44. The second-order valence-corrected chi connectivity index (χ2v) is 8.77. The van der Waals surface area contributed by atoms with Crippen molar-refractivity contribution in [1.29, 1.82) is 0 Å². The van der Waals surface area contributed by atoms with Crippen molar-refractivity contribution in [2.24, 2.45) is 7.05 Å². The summed E-state index contributed by atoms with van der Waals surface area (Å²) in [6.07, 6.45) is 2.91. The Morgan fingerprint density at radius 2 is 2.03 bits per heavy atom. The van der Waals surface area contributed by atoms with Crippen LogP contribution in [-0.2, 0) is 31.2 Å². The number of non-ortho nitro benzene ring substituents is 1. The van der Waals surface area contributed by atoms with Crippen LogP contribution in [0, 0.1) is 10.1 Å². The number of nitrogens with zero attached hydrogens (tertiary/aromatic N) is 5. The van der Waals surface area contributed by atoms with Crippen LogP contribution in [-0.4, -0.2) is 31.1 Å². The molecule has 5 rings (SSSR count). The smallest absolute Gasteiger partial charge is 0.339 e. The Labute approximate surface area is 195 Å². The lowest BCUT2D eigenvalue weighted by molar-refractivity contribution is -0.384. The van der Waals surface area contributed by atoms with Gasteiger partial charge < -0.3 is 9.15 Å². The topological polar surface area (TPSA) is 143 Å². The van der Waals surface area contributed by atoms with Crippen molar-refractivity contribution in [3.05, 3.63) is 79.2 Å². The molecule has 12 heteroatoms. The van der Waals surface area contributed by atoms with E-state index in [4.69, 9.17) is 9.15 Å². The summed E-state index contributed by atoms with van der Waals surface area (Å²) in [4.78, 5) is 36.2. The zero-order chi connectivity index (χ0) is 23.8. The van der Waals surface area contributed by atoms with Crippen LogP contribution >= 0.6 is 11.8 Å². The van der Waals surface area contributed by atoms with Gasteiger partial charge in [-0.15, -0.1) is 5.10 Å². The highest BCUT2D eigenvalue weighted by molar-refractivity contribution is 7.99. The summed E-state index contributed by atoms with van der Waals surface area (Å²) < 4.78 is 12.3. The van der Waals surface area contributed by atoms with Gasteiger partial charge in [-0.3, -0.25) is 10.1 Å². The third kappa shape index (κ3) is 4.15. The summed E-state index contributed by atoms with van der Waals surface area (Å²) >= 11 is 1.07. The molecule has 0 bridgehead atoms. The van der Waals surface area contributed by atoms with E-state index in [0.29, 0.717) is 26.6 Å². The van der Waals surface area contributed by atoms with Gasteiger partial charge in [0.15, 0.2) is 0 Å². The number of nitro benzene ring substituents is 1. The Balaban J connectivity index is 1.46. The van der Waals surface area contributed by atoms with E-state index in [-0.39, 0.29) is 17.9 Å². The number of benzene rings is 2. The van der Waals surface area contributed by atoms with Crippen molar-refractivity contribution in [3.63, 3.8) is 0 Å². The molecule has 1 aliphatic carbocycles. The van der Waals surface area contributed by atoms with Crippen molar-refractivity contribution in [3.8, 4) is 0 Å². The van der Waals surface area contributed by atoms with Gasteiger partial charge in [0.1, 0.15) is 12.2 Å². The number of hydrogen-bond donors (Lipinski definition) is 0. The quantitative estimate of drug-likeness (QED) is 0.175. The van der Waals surface area contributed by atoms with Crippen molar-refractivity contribution >= 4 is 34.4 Å². The molecule has 0 saturated heterocycles. The van der Waals surface area contributed by atoms with Crippen LogP contribution in [0.2, 0.25) is 0 Å². The maximum Gasteiger partial charge on any atom is 0.339 e. The summed E-state index contributed by atoms with van der Waals surface area (Å²) in [7, 11) is 1.63. The summed E-state index contributed by atoms with van der Waals surface area (Å²) in [5, 5.41) is 23.5. The molecule has 0 saturated carbocycles. The van der Waals surface area contributed by atoms with Crippen LogP contribution in [0.3, 0.4) is 0 Å². The fourth-order valence-corrected chi connectivity index (χ4v) is 4.75. The van der Waals surface area contributed by atoms with E-state index in [9.17, 15) is 19.7 Å². The Hall–Kier alpha value is -4.06. The highest BCUT2D eigenvalue weighted by Crippen LogP contribution is 2.32. The lowest BCUT2D eigenvalue weighted by atomic mass is 10.0. The van der Waals surface area contributed by atoms with E-state index in [1.807, 2.05) is 12.1 Å². The Kier molecular flexibility index (Phi) is 5.57. The average molecular weight is 479 g/mol. The van der Waals surface area contributed by atoms with Gasteiger partial charge in [0.05, 0.1) is 10.5 Å². The molecule has 0 N–H and O–H groups in total. The summed E-state index contributed by atoms with van der Waals surface area (Å²) in [6.45, 7) is -0.196. The first-order valence-corrected chi connectivity index (χ1v) is 11.1. The van der Waals surface area contributed by atoms with Crippen LogP contribution in [0.25, 0.3) is 11.0 Å². The fraction of sp³-hybridized carbons (Fsp3) is 0.227. The summed E-state index contributed by atoms with van der Waals surface area (Å²) in [6, 6.07) is 9.03. The number of carbonyl (C=O) groups is 1. The first kappa shape index (κ1) is 21.8. The maximum absolute atomic E-state index is 13.0. The molecular formula is C22H17N5O6S. The second kappa shape index (κ2) is 8.71. The number of ether oxygens (including phenoxy) is 1. The number of rotatable bonds is 6. The highest BCUT2D eigenvalue weighted by atomic mass is 32.2. The highest BCUT2D eigenvalue weighted by Gasteiger charge is 2.22. The van der Waals surface area contributed by atoms with Gasteiger partial charge in [-0.25, -0.2) is 14.3 Å². The summed E-state index contributed by atoms with van der Waals surface area (Å²) in [5.41, 5.74) is 2.49. The number of tetrazole rings is 1.